The van der Waals surface area contributed by atoms with Gasteiger partial charge in [0, 0.05) is 53.6 Å². The molecule has 1 aromatic carbocycles. The molecule has 0 spiro atoms. The quantitative estimate of drug-likeness (QED) is 0.612. The molecule has 1 amide bonds. The van der Waals surface area contributed by atoms with Gasteiger partial charge in [-0.05, 0) is 38.5 Å². The fraction of sp³-hybridized carbons (Fsp3) is 0.333. The van der Waals surface area contributed by atoms with Gasteiger partial charge in [0.25, 0.3) is 11.5 Å². The van der Waals surface area contributed by atoms with Crippen molar-refractivity contribution in [1.82, 2.24) is 14.9 Å². The van der Waals surface area contributed by atoms with E-state index in [4.69, 9.17) is 24.2 Å². The number of aryl methyl sites for hydroxylation is 1. The van der Waals surface area contributed by atoms with Gasteiger partial charge in [-0.3, -0.25) is 9.59 Å². The van der Waals surface area contributed by atoms with Crippen molar-refractivity contribution < 1.29 is 9.53 Å². The van der Waals surface area contributed by atoms with E-state index in [1.54, 1.807) is 32.4 Å². The zero-order valence-corrected chi connectivity index (χ0v) is 17.7. The van der Waals surface area contributed by atoms with E-state index < -0.39 is 0 Å². The predicted octanol–water partition coefficient (Wildman–Crippen LogP) is 2.74. The summed E-state index contributed by atoms with van der Waals surface area (Å²) >= 11 is 6.44. The highest BCUT2D eigenvalue weighted by molar-refractivity contribution is 6.39. The summed E-state index contributed by atoms with van der Waals surface area (Å²) in [5.41, 5.74) is 3.31. The van der Waals surface area contributed by atoms with Crippen LogP contribution < -0.4 is 16.3 Å². The lowest BCUT2D eigenvalue weighted by molar-refractivity contribution is 0.0952. The van der Waals surface area contributed by atoms with E-state index in [-0.39, 0.29) is 30.7 Å². The Labute approximate surface area is 175 Å². The third-order valence-corrected chi connectivity index (χ3v) is 5.09. The van der Waals surface area contributed by atoms with E-state index in [1.807, 2.05) is 24.5 Å². The first kappa shape index (κ1) is 21.2. The molecule has 0 saturated carbocycles. The standard InChI is InChI=1S/C21H23BClN3O3/c1-11(2)26-9-17(23)19-15(6-14(22)7-18(19)26)20(27)24-8-16-13(10-29-4)5-12(3)25-21(16)28/h5-7,9,11H,8,10H2,1-4H3,(H,24,27)(H,25,28). The number of nitrogens with one attached hydrogen (secondary N) is 2. The number of methoxy groups -OCH3 is 1. The fourth-order valence-electron chi connectivity index (χ4n) is 3.49. The maximum Gasteiger partial charge on any atom is 0.253 e. The van der Waals surface area contributed by atoms with Gasteiger partial charge >= 0.3 is 0 Å². The molecule has 8 heteroatoms. The Morgan fingerprint density at radius 2 is 2.07 bits per heavy atom. The first-order valence-electron chi connectivity index (χ1n) is 9.31. The van der Waals surface area contributed by atoms with Gasteiger partial charge in [-0.1, -0.05) is 23.1 Å². The molecule has 0 aliphatic heterocycles. The summed E-state index contributed by atoms with van der Waals surface area (Å²) in [6, 6.07) is 5.40. The molecule has 3 aromatic rings. The molecule has 29 heavy (non-hydrogen) atoms. The van der Waals surface area contributed by atoms with Gasteiger partial charge < -0.3 is 19.6 Å². The minimum atomic E-state index is -0.353. The lowest BCUT2D eigenvalue weighted by Gasteiger charge is -2.13. The lowest BCUT2D eigenvalue weighted by Crippen LogP contribution is -2.29. The van der Waals surface area contributed by atoms with Crippen LogP contribution in [0.2, 0.25) is 5.02 Å². The number of hydrogen-bond donors (Lipinski definition) is 2. The highest BCUT2D eigenvalue weighted by Crippen LogP contribution is 2.30. The van der Waals surface area contributed by atoms with E-state index in [9.17, 15) is 9.59 Å². The van der Waals surface area contributed by atoms with Crippen LogP contribution in [0.4, 0.5) is 0 Å². The van der Waals surface area contributed by atoms with E-state index in [0.29, 0.717) is 27.0 Å². The third-order valence-electron chi connectivity index (χ3n) is 4.80. The number of halogens is 1. The van der Waals surface area contributed by atoms with E-state index in [1.165, 1.54) is 0 Å². The summed E-state index contributed by atoms with van der Waals surface area (Å²) in [5, 5.41) is 3.94. The molecule has 0 unspecified atom stereocenters. The molecule has 150 valence electrons. The predicted molar refractivity (Wildman–Crippen MR) is 116 cm³/mol. The van der Waals surface area contributed by atoms with Crippen molar-refractivity contribution in [3.8, 4) is 0 Å². The molecule has 2 N–H and O–H groups in total. The number of nitrogens with zero attached hydrogens (tertiary/aromatic N) is 1. The van der Waals surface area contributed by atoms with E-state index >= 15 is 0 Å². The molecule has 0 saturated heterocycles. The zero-order chi connectivity index (χ0) is 21.3. The van der Waals surface area contributed by atoms with Crippen molar-refractivity contribution in [2.45, 2.75) is 40.0 Å². The number of H-pyrrole nitrogens is 1. The Hall–Kier alpha value is -2.51. The van der Waals surface area contributed by atoms with Crippen molar-refractivity contribution in [2.75, 3.05) is 7.11 Å². The highest BCUT2D eigenvalue weighted by Gasteiger charge is 2.19. The van der Waals surface area contributed by atoms with Crippen LogP contribution >= 0.6 is 11.6 Å². The minimum absolute atomic E-state index is 0.0614. The van der Waals surface area contributed by atoms with Crippen LogP contribution in [0.3, 0.4) is 0 Å². The topological polar surface area (TPSA) is 76.1 Å². The smallest absolute Gasteiger partial charge is 0.253 e. The lowest BCUT2D eigenvalue weighted by atomic mass is 9.92. The fourth-order valence-corrected chi connectivity index (χ4v) is 3.80. The number of hydrogen-bond acceptors (Lipinski definition) is 3. The number of ether oxygens (including phenoxy) is 1. The summed E-state index contributed by atoms with van der Waals surface area (Å²) < 4.78 is 7.16. The average molecular weight is 412 g/mol. The molecule has 6 nitrogen and oxygen atoms in total. The number of amides is 1. The Morgan fingerprint density at radius 3 is 2.72 bits per heavy atom. The third kappa shape index (κ3) is 4.26. The van der Waals surface area contributed by atoms with Gasteiger partial charge in [-0.25, -0.2) is 0 Å². The second kappa shape index (κ2) is 8.47. The normalized spacial score (nSPS) is 11.4. The molecule has 0 fully saturated rings. The SMILES string of the molecule is [B]c1cc(C(=O)NCc2c(COC)cc(C)[nH]c2=O)c2c(Cl)cn(C(C)C)c2c1. The molecule has 2 radical (unpaired) electrons. The largest absolute Gasteiger partial charge is 0.380 e. The number of pyridine rings is 1. The molecule has 3 rings (SSSR count). The first-order valence-corrected chi connectivity index (χ1v) is 9.69. The van der Waals surface area contributed by atoms with Crippen LogP contribution in [-0.2, 0) is 17.9 Å². The number of rotatable bonds is 6. The molecule has 2 aromatic heterocycles. The highest BCUT2D eigenvalue weighted by atomic mass is 35.5. The Balaban J connectivity index is 1.97. The number of carbonyl (C=O) groups excluding carboxylic acids is 1. The molecule has 0 bridgehead atoms. The number of benzene rings is 1. The van der Waals surface area contributed by atoms with Crippen molar-refractivity contribution in [2.24, 2.45) is 0 Å². The second-order valence-electron chi connectivity index (χ2n) is 7.34. The Morgan fingerprint density at radius 1 is 1.34 bits per heavy atom. The monoisotopic (exact) mass is 411 g/mol. The molecular weight excluding hydrogens is 389 g/mol. The van der Waals surface area contributed by atoms with Crippen molar-refractivity contribution >= 4 is 41.7 Å². The molecule has 0 atom stereocenters. The maximum absolute atomic E-state index is 13.0. The van der Waals surface area contributed by atoms with Gasteiger partial charge in [0.15, 0.2) is 0 Å². The maximum atomic E-state index is 13.0. The average Bonchev–Trinajstić information content (AvgIpc) is 2.97. The summed E-state index contributed by atoms with van der Waals surface area (Å²) in [6.45, 7) is 6.20. The van der Waals surface area contributed by atoms with Crippen LogP contribution in [0.5, 0.6) is 0 Å². The molecule has 2 heterocycles. The first-order chi connectivity index (χ1) is 13.7. The number of aromatic amines is 1. The van der Waals surface area contributed by atoms with Crippen LogP contribution in [0.15, 0.2) is 29.2 Å². The summed E-state index contributed by atoms with van der Waals surface area (Å²) in [7, 11) is 7.60. The zero-order valence-electron chi connectivity index (χ0n) is 16.9. The van der Waals surface area contributed by atoms with Gasteiger partial charge in [0.05, 0.1) is 11.6 Å². The van der Waals surface area contributed by atoms with Gasteiger partial charge in [-0.15, -0.1) is 0 Å². The molecule has 0 aliphatic carbocycles. The van der Waals surface area contributed by atoms with Crippen LogP contribution in [0, 0.1) is 6.92 Å². The second-order valence-corrected chi connectivity index (χ2v) is 7.75. The minimum Gasteiger partial charge on any atom is -0.380 e. The van der Waals surface area contributed by atoms with Crippen molar-refractivity contribution in [3.05, 3.63) is 62.2 Å². The summed E-state index contributed by atoms with van der Waals surface area (Å²) in [4.78, 5) is 28.1. The Bertz CT molecular complexity index is 1130. The Kier molecular flexibility index (Phi) is 6.20. The van der Waals surface area contributed by atoms with Crippen LogP contribution in [-0.4, -0.2) is 30.4 Å². The number of fused-ring (bicyclic) bond motifs is 1. The number of aromatic nitrogens is 2. The van der Waals surface area contributed by atoms with Crippen molar-refractivity contribution in [3.63, 3.8) is 0 Å². The van der Waals surface area contributed by atoms with Crippen LogP contribution in [0.1, 0.15) is 47.1 Å². The van der Waals surface area contributed by atoms with E-state index in [0.717, 1.165) is 16.8 Å². The van der Waals surface area contributed by atoms with Crippen molar-refractivity contribution in [1.29, 1.82) is 0 Å². The summed E-state index contributed by atoms with van der Waals surface area (Å²) in [6.07, 6.45) is 1.80. The molecule has 0 aliphatic rings. The van der Waals surface area contributed by atoms with Gasteiger partial charge in [-0.2, -0.15) is 0 Å². The van der Waals surface area contributed by atoms with E-state index in [2.05, 4.69) is 10.3 Å². The van der Waals surface area contributed by atoms with Gasteiger partial charge in [0.1, 0.15) is 7.85 Å². The number of carbonyl (C=O) groups is 1. The summed E-state index contributed by atoms with van der Waals surface area (Å²) in [5.74, 6) is -0.353. The van der Waals surface area contributed by atoms with Crippen LogP contribution in [0.25, 0.3) is 10.9 Å². The van der Waals surface area contributed by atoms with Gasteiger partial charge in [0.2, 0.25) is 0 Å². The molecular formula is C21H23BClN3O3.